The molecule has 1 saturated carbocycles. The number of amides is 1. The van der Waals surface area contributed by atoms with Crippen molar-refractivity contribution in [3.8, 4) is 17.6 Å². The number of aliphatic hydroxyl groups is 1. The summed E-state index contributed by atoms with van der Waals surface area (Å²) in [4.78, 5) is 17.3. The lowest BCUT2D eigenvalue weighted by Crippen LogP contribution is -2.50. The number of piperazine rings is 1. The summed E-state index contributed by atoms with van der Waals surface area (Å²) in [5, 5.41) is 14.2. The first-order chi connectivity index (χ1) is 19.4. The van der Waals surface area contributed by atoms with Gasteiger partial charge in [-0.15, -0.1) is 5.92 Å². The van der Waals surface area contributed by atoms with Crippen molar-refractivity contribution in [1.82, 2.24) is 15.1 Å². The van der Waals surface area contributed by atoms with Gasteiger partial charge in [0.05, 0.1) is 0 Å². The molecule has 3 aliphatic rings. The molecule has 1 saturated heterocycles. The molecule has 2 fully saturated rings. The van der Waals surface area contributed by atoms with Gasteiger partial charge >= 0.3 is 0 Å². The zero-order valence-corrected chi connectivity index (χ0v) is 24.3. The Morgan fingerprint density at radius 1 is 1.12 bits per heavy atom. The maximum Gasteiger partial charge on any atom is 0.257 e. The third-order valence-corrected chi connectivity index (χ3v) is 9.38. The Hall–Kier alpha value is -2.85. The molecule has 0 unspecified atom stereocenters. The van der Waals surface area contributed by atoms with E-state index in [4.69, 9.17) is 4.74 Å². The first kappa shape index (κ1) is 28.7. The van der Waals surface area contributed by atoms with Gasteiger partial charge in [-0.1, -0.05) is 42.3 Å². The molecule has 40 heavy (non-hydrogen) atoms. The minimum atomic E-state index is -0.891. The molecule has 6 nitrogen and oxygen atoms in total. The number of likely N-dealkylation sites (N-methyl/N-ethyl adjacent to an activating group) is 1. The van der Waals surface area contributed by atoms with E-state index in [0.717, 1.165) is 70.6 Å². The predicted octanol–water partition coefficient (Wildman–Crippen LogP) is 3.80. The molecular weight excluding hydrogens is 498 g/mol. The van der Waals surface area contributed by atoms with Crippen LogP contribution in [0.5, 0.6) is 5.75 Å². The average molecular weight is 544 g/mol. The van der Waals surface area contributed by atoms with E-state index in [-0.39, 0.29) is 17.9 Å². The highest BCUT2D eigenvalue weighted by atomic mass is 16.5. The highest BCUT2D eigenvalue weighted by Crippen LogP contribution is 2.54. The quantitative estimate of drug-likeness (QED) is 0.372. The number of hydrogen-bond donors (Lipinski definition) is 2. The molecule has 1 amide bonds. The smallest absolute Gasteiger partial charge is 0.257 e. The van der Waals surface area contributed by atoms with Crippen molar-refractivity contribution in [2.75, 3.05) is 52.9 Å². The minimum Gasteiger partial charge on any atom is -0.484 e. The van der Waals surface area contributed by atoms with Gasteiger partial charge < -0.3 is 25.0 Å². The molecular formula is C34H45N3O3. The van der Waals surface area contributed by atoms with E-state index in [9.17, 15) is 9.90 Å². The number of fused-ring (bicyclic) bond motifs is 3. The highest BCUT2D eigenvalue weighted by molar-refractivity contribution is 5.77. The van der Waals surface area contributed by atoms with Crippen LogP contribution in [0.4, 0.5) is 0 Å². The van der Waals surface area contributed by atoms with Gasteiger partial charge in [0.1, 0.15) is 11.4 Å². The lowest BCUT2D eigenvalue weighted by molar-refractivity contribution is -0.123. The van der Waals surface area contributed by atoms with Gasteiger partial charge in [0.2, 0.25) is 0 Å². The van der Waals surface area contributed by atoms with E-state index in [1.54, 1.807) is 0 Å². The molecule has 6 heteroatoms. The maximum absolute atomic E-state index is 12.5. The summed E-state index contributed by atoms with van der Waals surface area (Å²) in [6.07, 6.45) is 6.18. The number of carbonyl (C=O) groups is 1. The van der Waals surface area contributed by atoms with Crippen molar-refractivity contribution in [1.29, 1.82) is 0 Å². The summed E-state index contributed by atoms with van der Waals surface area (Å²) in [5.41, 5.74) is 3.09. The second-order valence-electron chi connectivity index (χ2n) is 12.1. The monoisotopic (exact) mass is 543 g/mol. The molecule has 0 spiro atoms. The third kappa shape index (κ3) is 6.71. The molecule has 214 valence electrons. The number of aryl methyl sites for hydroxylation is 1. The summed E-state index contributed by atoms with van der Waals surface area (Å²) >= 11 is 0. The first-order valence-electron chi connectivity index (χ1n) is 15.0. The van der Waals surface area contributed by atoms with E-state index in [1.165, 1.54) is 16.7 Å². The van der Waals surface area contributed by atoms with Crippen LogP contribution in [0.25, 0.3) is 0 Å². The Morgan fingerprint density at radius 2 is 1.93 bits per heavy atom. The fraction of sp³-hybridized carbons (Fsp3) is 0.559. The number of nitrogens with zero attached hydrogens (tertiary/aromatic N) is 2. The number of carbonyl (C=O) groups excluding carboxylic acids is 1. The van der Waals surface area contributed by atoms with Crippen LogP contribution in [0.1, 0.15) is 55.7 Å². The summed E-state index contributed by atoms with van der Waals surface area (Å²) < 4.78 is 5.96. The Labute approximate surface area is 240 Å². The van der Waals surface area contributed by atoms with Crippen molar-refractivity contribution >= 4 is 5.91 Å². The normalized spacial score (nSPS) is 26.6. The van der Waals surface area contributed by atoms with Crippen LogP contribution in [0.15, 0.2) is 48.5 Å². The lowest BCUT2D eigenvalue weighted by Gasteiger charge is -2.52. The van der Waals surface area contributed by atoms with E-state index in [2.05, 4.69) is 76.5 Å². The number of hydrogen-bond acceptors (Lipinski definition) is 5. The molecule has 0 bridgehead atoms. The highest BCUT2D eigenvalue weighted by Gasteiger charge is 2.51. The Bertz CT molecular complexity index is 1210. The minimum absolute atomic E-state index is 0.0315. The van der Waals surface area contributed by atoms with Crippen molar-refractivity contribution < 1.29 is 14.6 Å². The van der Waals surface area contributed by atoms with Crippen LogP contribution >= 0.6 is 0 Å². The molecule has 5 rings (SSSR count). The van der Waals surface area contributed by atoms with Gasteiger partial charge in [-0.3, -0.25) is 4.79 Å². The molecule has 0 radical (unpaired) electrons. The SMILES string of the molecule is CC#C[C@@]1(O)CC[C@@]2(Cc3ccccc3)c3ccc(OCC(=O)NCCCN4CCN(C)CC4)cc3CC[C@@H]2C1. The van der Waals surface area contributed by atoms with E-state index >= 15 is 0 Å². The summed E-state index contributed by atoms with van der Waals surface area (Å²) in [7, 11) is 2.17. The van der Waals surface area contributed by atoms with Gasteiger partial charge in [-0.05, 0) is 100 Å². The zero-order chi connectivity index (χ0) is 28.0. The maximum atomic E-state index is 12.5. The largest absolute Gasteiger partial charge is 0.484 e. The molecule has 2 aromatic rings. The third-order valence-electron chi connectivity index (χ3n) is 9.38. The first-order valence-corrected chi connectivity index (χ1v) is 15.0. The number of ether oxygens (including phenoxy) is 1. The van der Waals surface area contributed by atoms with Gasteiger partial charge in [0.15, 0.2) is 6.61 Å². The fourth-order valence-electron chi connectivity index (χ4n) is 7.19. The molecule has 2 N–H and O–H groups in total. The van der Waals surface area contributed by atoms with Crippen molar-refractivity contribution in [2.24, 2.45) is 5.92 Å². The molecule has 3 atom stereocenters. The van der Waals surface area contributed by atoms with E-state index < -0.39 is 5.60 Å². The van der Waals surface area contributed by atoms with Crippen LogP contribution in [-0.4, -0.2) is 79.3 Å². The topological polar surface area (TPSA) is 65.0 Å². The van der Waals surface area contributed by atoms with Crippen LogP contribution in [0.3, 0.4) is 0 Å². The zero-order valence-electron chi connectivity index (χ0n) is 24.3. The van der Waals surface area contributed by atoms with Gasteiger partial charge in [-0.2, -0.15) is 0 Å². The summed E-state index contributed by atoms with van der Waals surface area (Å²) in [5.74, 6) is 7.13. The molecule has 2 aromatic carbocycles. The van der Waals surface area contributed by atoms with E-state index in [0.29, 0.717) is 25.3 Å². The molecule has 0 aromatic heterocycles. The molecule has 1 heterocycles. The van der Waals surface area contributed by atoms with Crippen molar-refractivity contribution in [2.45, 2.75) is 62.9 Å². The fourth-order valence-corrected chi connectivity index (χ4v) is 7.19. The number of nitrogens with one attached hydrogen (secondary N) is 1. The lowest BCUT2D eigenvalue weighted by atomic mass is 9.52. The number of rotatable bonds is 9. The van der Waals surface area contributed by atoms with Crippen molar-refractivity contribution in [3.05, 3.63) is 65.2 Å². The van der Waals surface area contributed by atoms with E-state index in [1.807, 2.05) is 13.0 Å². The van der Waals surface area contributed by atoms with Crippen molar-refractivity contribution in [3.63, 3.8) is 0 Å². The number of benzene rings is 2. The van der Waals surface area contributed by atoms with Gasteiger partial charge in [0.25, 0.3) is 5.91 Å². The average Bonchev–Trinajstić information content (AvgIpc) is 2.96. The van der Waals surface area contributed by atoms with Gasteiger partial charge in [-0.25, -0.2) is 0 Å². The molecule has 1 aliphatic heterocycles. The standard InChI is InChI=1S/C34H45N3O3/c1-3-14-33(39)15-16-34(24-27-8-5-4-6-9-27)29(25-33)11-10-28-23-30(12-13-31(28)34)40-26-32(38)35-17-7-18-37-21-19-36(2)20-22-37/h4-6,8-9,12-13,23,29,39H,7,10-11,15-22,24-26H2,1-2H3,(H,35,38)/t29-,33-,34+/m1/s1. The Morgan fingerprint density at radius 3 is 2.70 bits per heavy atom. The second-order valence-corrected chi connectivity index (χ2v) is 12.1. The Balaban J connectivity index is 1.21. The molecule has 2 aliphatic carbocycles. The van der Waals surface area contributed by atoms with Crippen LogP contribution in [0, 0.1) is 17.8 Å². The predicted molar refractivity (Wildman–Crippen MR) is 159 cm³/mol. The van der Waals surface area contributed by atoms with Crippen LogP contribution < -0.4 is 10.1 Å². The van der Waals surface area contributed by atoms with Crippen LogP contribution in [-0.2, 0) is 23.1 Å². The summed E-state index contributed by atoms with van der Waals surface area (Å²) in [6.45, 7) is 7.99. The van der Waals surface area contributed by atoms with Gasteiger partial charge in [0, 0.05) is 38.1 Å². The van der Waals surface area contributed by atoms with Crippen LogP contribution in [0.2, 0.25) is 0 Å². The second kappa shape index (κ2) is 12.8. The Kier molecular flexibility index (Phi) is 9.15. The summed E-state index contributed by atoms with van der Waals surface area (Å²) in [6, 6.07) is 17.1.